The number of nitrogens with zero attached hydrogens (tertiary/aromatic N) is 4. The molecule has 1 aromatic heterocycles. The number of benzene rings is 1. The first kappa shape index (κ1) is 11.4. The lowest BCUT2D eigenvalue weighted by Gasteiger charge is -2.04. The van der Waals surface area contributed by atoms with Crippen LogP contribution in [0.4, 0.5) is 17.6 Å². The predicted octanol–water partition coefficient (Wildman–Crippen LogP) is 1.80. The summed E-state index contributed by atoms with van der Waals surface area (Å²) in [6.07, 6.45) is 0. The maximum absolute atomic E-state index is 13.3. The largest absolute Gasteiger partial charge is 0.209 e. The molecule has 0 aliphatic rings. The Bertz CT molecular complexity index is 544. The highest BCUT2D eigenvalue weighted by atomic mass is 19.2. The van der Waals surface area contributed by atoms with Crippen LogP contribution in [0.2, 0.25) is 0 Å². The van der Waals surface area contributed by atoms with Gasteiger partial charge in [-0.2, -0.15) is 0 Å². The molecule has 0 atom stereocenters. The van der Waals surface area contributed by atoms with Gasteiger partial charge in [-0.25, -0.2) is 17.6 Å². The Morgan fingerprint density at radius 1 is 0.824 bits per heavy atom. The second-order valence-electron chi connectivity index (χ2n) is 3.11. The highest BCUT2D eigenvalue weighted by molar-refractivity contribution is 5.56. The normalized spacial score (nSPS) is 10.6. The maximum Gasteiger partial charge on any atom is 0.209 e. The van der Waals surface area contributed by atoms with E-state index in [1.807, 2.05) is 0 Å². The summed E-state index contributed by atoms with van der Waals surface area (Å²) in [4.78, 5) is 0. The SMILES string of the molecule is Cc1nnc(-c2c(F)c(F)cc(F)c2F)nn1. The van der Waals surface area contributed by atoms with Gasteiger partial charge in [0.15, 0.2) is 29.1 Å². The first-order valence-electron chi connectivity index (χ1n) is 4.38. The molecule has 2 aromatic rings. The van der Waals surface area contributed by atoms with Crippen molar-refractivity contribution in [3.05, 3.63) is 35.2 Å². The topological polar surface area (TPSA) is 51.6 Å². The van der Waals surface area contributed by atoms with E-state index in [4.69, 9.17) is 0 Å². The average Bonchev–Trinajstić information content (AvgIpc) is 2.29. The van der Waals surface area contributed by atoms with Gasteiger partial charge < -0.3 is 0 Å². The molecule has 2 rings (SSSR count). The third-order valence-electron chi connectivity index (χ3n) is 1.91. The number of halogens is 4. The van der Waals surface area contributed by atoms with Gasteiger partial charge in [0.05, 0.1) is 0 Å². The summed E-state index contributed by atoms with van der Waals surface area (Å²) in [7, 11) is 0. The molecule has 0 amide bonds. The van der Waals surface area contributed by atoms with Crippen molar-refractivity contribution < 1.29 is 17.6 Å². The van der Waals surface area contributed by atoms with Crippen LogP contribution in [0.15, 0.2) is 6.07 Å². The summed E-state index contributed by atoms with van der Waals surface area (Å²) in [5.41, 5.74) is -1.03. The lowest BCUT2D eigenvalue weighted by atomic mass is 10.1. The molecule has 1 heterocycles. The molecule has 0 N–H and O–H groups in total. The minimum absolute atomic E-state index is 0.100. The Kier molecular flexibility index (Phi) is 2.70. The van der Waals surface area contributed by atoms with Crippen molar-refractivity contribution in [1.82, 2.24) is 20.4 Å². The first-order chi connectivity index (χ1) is 8.00. The smallest absolute Gasteiger partial charge is 0.204 e. The molecule has 0 unspecified atom stereocenters. The minimum atomic E-state index is -1.59. The van der Waals surface area contributed by atoms with E-state index >= 15 is 0 Å². The van der Waals surface area contributed by atoms with Gasteiger partial charge in [0, 0.05) is 6.07 Å². The van der Waals surface area contributed by atoms with Gasteiger partial charge in [0.25, 0.3) is 0 Å². The molecule has 17 heavy (non-hydrogen) atoms. The van der Waals surface area contributed by atoms with E-state index in [9.17, 15) is 17.6 Å². The van der Waals surface area contributed by atoms with E-state index in [0.717, 1.165) is 0 Å². The molecule has 0 spiro atoms. The Hall–Kier alpha value is -2.12. The molecule has 0 aliphatic carbocycles. The van der Waals surface area contributed by atoms with E-state index < -0.39 is 34.7 Å². The molecule has 0 saturated heterocycles. The fourth-order valence-corrected chi connectivity index (χ4v) is 1.15. The van der Waals surface area contributed by atoms with Crippen molar-refractivity contribution in [3.63, 3.8) is 0 Å². The van der Waals surface area contributed by atoms with E-state index in [1.165, 1.54) is 6.92 Å². The molecule has 0 saturated carbocycles. The Morgan fingerprint density at radius 3 is 1.76 bits per heavy atom. The van der Waals surface area contributed by atoms with Crippen molar-refractivity contribution in [2.24, 2.45) is 0 Å². The first-order valence-corrected chi connectivity index (χ1v) is 4.38. The van der Waals surface area contributed by atoms with Crippen LogP contribution in [-0.2, 0) is 0 Å². The summed E-state index contributed by atoms with van der Waals surface area (Å²) in [6.45, 7) is 1.45. The Morgan fingerprint density at radius 2 is 1.29 bits per heavy atom. The van der Waals surface area contributed by atoms with E-state index in [2.05, 4.69) is 20.4 Å². The number of aryl methyl sites for hydroxylation is 1. The van der Waals surface area contributed by atoms with Crippen LogP contribution in [0.25, 0.3) is 11.4 Å². The zero-order valence-electron chi connectivity index (χ0n) is 8.38. The van der Waals surface area contributed by atoms with Crippen molar-refractivity contribution in [3.8, 4) is 11.4 Å². The van der Waals surface area contributed by atoms with Crippen LogP contribution in [0, 0.1) is 30.2 Å². The average molecular weight is 244 g/mol. The van der Waals surface area contributed by atoms with Gasteiger partial charge in [-0.1, -0.05) is 0 Å². The van der Waals surface area contributed by atoms with Gasteiger partial charge in [-0.15, -0.1) is 20.4 Å². The van der Waals surface area contributed by atoms with E-state index in [1.54, 1.807) is 0 Å². The van der Waals surface area contributed by atoms with Gasteiger partial charge in [0.2, 0.25) is 5.82 Å². The van der Waals surface area contributed by atoms with Gasteiger partial charge >= 0.3 is 0 Å². The highest BCUT2D eigenvalue weighted by Crippen LogP contribution is 2.26. The van der Waals surface area contributed by atoms with Crippen molar-refractivity contribution >= 4 is 0 Å². The molecule has 4 nitrogen and oxygen atoms in total. The number of hydrogen-bond donors (Lipinski definition) is 0. The predicted molar refractivity (Wildman–Crippen MR) is 47.6 cm³/mol. The number of hydrogen-bond acceptors (Lipinski definition) is 4. The highest BCUT2D eigenvalue weighted by Gasteiger charge is 2.23. The Labute approximate surface area is 92.3 Å². The molecule has 0 bridgehead atoms. The summed E-state index contributed by atoms with van der Waals surface area (Å²) >= 11 is 0. The van der Waals surface area contributed by atoms with Crippen molar-refractivity contribution in [2.75, 3.05) is 0 Å². The lowest BCUT2D eigenvalue weighted by Crippen LogP contribution is -2.05. The molecular weight excluding hydrogens is 240 g/mol. The lowest BCUT2D eigenvalue weighted by molar-refractivity contribution is 0.456. The number of aromatic nitrogens is 4. The zero-order valence-corrected chi connectivity index (χ0v) is 8.38. The van der Waals surface area contributed by atoms with Crippen molar-refractivity contribution in [2.45, 2.75) is 6.92 Å². The second-order valence-corrected chi connectivity index (χ2v) is 3.11. The summed E-state index contributed by atoms with van der Waals surface area (Å²) in [5.74, 6) is -6.71. The Balaban J connectivity index is 2.70. The van der Waals surface area contributed by atoms with Crippen LogP contribution in [0.5, 0.6) is 0 Å². The van der Waals surface area contributed by atoms with Gasteiger partial charge in [0.1, 0.15) is 5.56 Å². The third kappa shape index (κ3) is 1.93. The summed E-state index contributed by atoms with van der Waals surface area (Å²) < 4.78 is 52.4. The van der Waals surface area contributed by atoms with E-state index in [0.29, 0.717) is 0 Å². The van der Waals surface area contributed by atoms with Crippen LogP contribution in [-0.4, -0.2) is 20.4 Å². The fourth-order valence-electron chi connectivity index (χ4n) is 1.15. The maximum atomic E-state index is 13.3. The molecule has 0 fully saturated rings. The van der Waals surface area contributed by atoms with Crippen molar-refractivity contribution in [1.29, 1.82) is 0 Å². The second kappa shape index (κ2) is 4.04. The molecule has 1 aromatic carbocycles. The molecule has 8 heteroatoms. The summed E-state index contributed by atoms with van der Waals surface area (Å²) in [5, 5.41) is 13.4. The number of rotatable bonds is 1. The molecule has 88 valence electrons. The monoisotopic (exact) mass is 244 g/mol. The van der Waals surface area contributed by atoms with E-state index in [-0.39, 0.29) is 11.9 Å². The quantitative estimate of drug-likeness (QED) is 0.567. The van der Waals surface area contributed by atoms with Crippen LogP contribution < -0.4 is 0 Å². The summed E-state index contributed by atoms with van der Waals surface area (Å²) in [6, 6.07) is 0.100. The minimum Gasteiger partial charge on any atom is -0.204 e. The molecular formula is C9H4F4N4. The third-order valence-corrected chi connectivity index (χ3v) is 1.91. The van der Waals surface area contributed by atoms with Crippen LogP contribution >= 0.6 is 0 Å². The standard InChI is InChI=1S/C9H4F4N4/c1-3-14-16-9(17-15-3)6-7(12)4(10)2-5(11)8(6)13/h2H,1H3. The zero-order chi connectivity index (χ0) is 12.6. The molecule has 0 radical (unpaired) electrons. The van der Waals surface area contributed by atoms with Crippen LogP contribution in [0.1, 0.15) is 5.82 Å². The van der Waals surface area contributed by atoms with Gasteiger partial charge in [-0.05, 0) is 6.92 Å². The van der Waals surface area contributed by atoms with Gasteiger partial charge in [-0.3, -0.25) is 0 Å². The van der Waals surface area contributed by atoms with Crippen LogP contribution in [0.3, 0.4) is 0 Å². The molecule has 0 aliphatic heterocycles. The fraction of sp³-hybridized carbons (Fsp3) is 0.111.